The molecule has 2 aromatic rings. The number of alkyl halides is 3. The first-order chi connectivity index (χ1) is 15.5. The summed E-state index contributed by atoms with van der Waals surface area (Å²) in [6.45, 7) is -0.754. The molecule has 7 nitrogen and oxygen atoms in total. The first-order valence-corrected chi connectivity index (χ1v) is 10.2. The molecule has 2 amide bonds. The van der Waals surface area contributed by atoms with Crippen molar-refractivity contribution in [2.24, 2.45) is 0 Å². The van der Waals surface area contributed by atoms with E-state index in [1.54, 1.807) is 0 Å². The molecule has 0 saturated heterocycles. The van der Waals surface area contributed by atoms with Gasteiger partial charge in [0.15, 0.2) is 13.2 Å². The lowest BCUT2D eigenvalue weighted by molar-refractivity contribution is -0.151. The van der Waals surface area contributed by atoms with E-state index < -0.39 is 41.3 Å². The molecule has 3 aliphatic rings. The lowest BCUT2D eigenvalue weighted by atomic mass is 9.44. The number of amides is 2. The number of carbonyl (C=O) groups excluding carboxylic acids is 2. The van der Waals surface area contributed by atoms with Crippen LogP contribution in [0.5, 0.6) is 11.5 Å². The second-order valence-corrected chi connectivity index (χ2v) is 8.62. The van der Waals surface area contributed by atoms with Crippen molar-refractivity contribution in [2.45, 2.75) is 36.5 Å². The maximum atomic E-state index is 13.4. The van der Waals surface area contributed by atoms with Crippen LogP contribution in [0.1, 0.15) is 25.0 Å². The smallest absolute Gasteiger partial charge is 0.433 e. The van der Waals surface area contributed by atoms with Crippen molar-refractivity contribution >= 4 is 23.4 Å². The highest BCUT2D eigenvalue weighted by molar-refractivity contribution is 6.30. The Morgan fingerprint density at radius 2 is 1.52 bits per heavy atom. The number of ether oxygens (including phenoxy) is 2. The lowest BCUT2D eigenvalue weighted by Gasteiger charge is -2.70. The number of hydrogen-bond donors (Lipinski definition) is 2. The van der Waals surface area contributed by atoms with E-state index in [0.717, 1.165) is 18.3 Å². The molecule has 1 aromatic heterocycles. The quantitative estimate of drug-likeness (QED) is 0.558. The highest BCUT2D eigenvalue weighted by Crippen LogP contribution is 2.60. The summed E-state index contributed by atoms with van der Waals surface area (Å²) in [6, 6.07) is 5.81. The fourth-order valence-electron chi connectivity index (χ4n) is 4.24. The Kier molecular flexibility index (Phi) is 5.85. The van der Waals surface area contributed by atoms with Gasteiger partial charge < -0.3 is 20.1 Å². The third-order valence-corrected chi connectivity index (χ3v) is 5.80. The van der Waals surface area contributed by atoms with E-state index in [1.165, 1.54) is 18.2 Å². The van der Waals surface area contributed by atoms with E-state index in [-0.39, 0.29) is 29.0 Å². The monoisotopic (exact) mass is 487 g/mol. The average molecular weight is 488 g/mol. The molecular weight excluding hydrogens is 470 g/mol. The van der Waals surface area contributed by atoms with Crippen molar-refractivity contribution < 1.29 is 36.6 Å². The number of aromatic nitrogens is 1. The lowest BCUT2D eigenvalue weighted by Crippen LogP contribution is -2.84. The maximum absolute atomic E-state index is 13.4. The molecule has 1 aromatic carbocycles. The van der Waals surface area contributed by atoms with Gasteiger partial charge in [-0.2, -0.15) is 13.2 Å². The predicted molar refractivity (Wildman–Crippen MR) is 107 cm³/mol. The molecule has 0 unspecified atom stereocenters. The van der Waals surface area contributed by atoms with Gasteiger partial charge in [0, 0.05) is 29.4 Å². The topological polar surface area (TPSA) is 89.5 Å². The molecule has 2 bridgehead atoms. The summed E-state index contributed by atoms with van der Waals surface area (Å²) in [5.74, 6) is -1.46. The minimum Gasteiger partial charge on any atom is -0.484 e. The van der Waals surface area contributed by atoms with Crippen LogP contribution in [0.3, 0.4) is 0 Å². The largest absolute Gasteiger partial charge is 0.484 e. The van der Waals surface area contributed by atoms with Gasteiger partial charge in [-0.25, -0.2) is 4.39 Å². The molecule has 176 valence electrons. The Balaban J connectivity index is 1.18. The number of carbonyl (C=O) groups is 2. The molecule has 3 saturated carbocycles. The van der Waals surface area contributed by atoms with Crippen molar-refractivity contribution in [1.29, 1.82) is 0 Å². The molecule has 5 rings (SSSR count). The van der Waals surface area contributed by atoms with Gasteiger partial charge >= 0.3 is 6.18 Å². The normalized spacial score (nSPS) is 23.1. The first-order valence-electron chi connectivity index (χ1n) is 9.84. The van der Waals surface area contributed by atoms with Gasteiger partial charge in [0.05, 0.1) is 5.02 Å². The number of hydrogen-bond acceptors (Lipinski definition) is 5. The Labute approximate surface area is 190 Å². The minimum absolute atomic E-state index is 0.0507. The zero-order valence-electron chi connectivity index (χ0n) is 17.0. The molecule has 2 N–H and O–H groups in total. The molecular formula is C21H18ClF4N3O4. The van der Waals surface area contributed by atoms with E-state index in [9.17, 15) is 27.2 Å². The van der Waals surface area contributed by atoms with E-state index in [0.29, 0.717) is 19.3 Å². The summed E-state index contributed by atoms with van der Waals surface area (Å²) in [6.07, 6.45) is -2.11. The number of nitrogens with one attached hydrogen (secondary N) is 2. The number of rotatable bonds is 8. The van der Waals surface area contributed by atoms with Gasteiger partial charge in [0.1, 0.15) is 23.0 Å². The zero-order chi connectivity index (χ0) is 23.9. The Bertz CT molecular complexity index is 1080. The third-order valence-electron chi connectivity index (χ3n) is 5.49. The molecule has 3 fully saturated rings. The van der Waals surface area contributed by atoms with Gasteiger partial charge in [0.2, 0.25) is 0 Å². The maximum Gasteiger partial charge on any atom is 0.433 e. The number of benzene rings is 1. The predicted octanol–water partition coefficient (Wildman–Crippen LogP) is 3.26. The summed E-state index contributed by atoms with van der Waals surface area (Å²) in [5.41, 5.74) is -2.02. The summed E-state index contributed by atoms with van der Waals surface area (Å²) in [4.78, 5) is 27.5. The van der Waals surface area contributed by atoms with Crippen LogP contribution in [-0.4, -0.2) is 41.1 Å². The SMILES string of the molecule is O=C(COc1ccnc(C(F)(F)F)c1)NC12CC(NC(=O)COc3ccc(Cl)c(F)c3)(C1)C2. The van der Waals surface area contributed by atoms with Crippen LogP contribution in [0.4, 0.5) is 17.6 Å². The van der Waals surface area contributed by atoms with Crippen LogP contribution in [0.2, 0.25) is 5.02 Å². The number of nitrogens with zero attached hydrogens (tertiary/aromatic N) is 1. The zero-order valence-corrected chi connectivity index (χ0v) is 17.7. The summed E-state index contributed by atoms with van der Waals surface area (Å²) in [5, 5.41) is 5.60. The average Bonchev–Trinajstić information content (AvgIpc) is 2.70. The highest BCUT2D eigenvalue weighted by atomic mass is 35.5. The van der Waals surface area contributed by atoms with Crippen molar-refractivity contribution in [3.05, 3.63) is 53.1 Å². The standard InChI is InChI=1S/C21H18ClF4N3O4/c22-14-2-1-12(5-15(14)23)32-7-17(30)28-19-9-20(10-19,11-19)29-18(31)8-33-13-3-4-27-16(6-13)21(24,25)26/h1-6H,7-11H2,(H,28,30)(H,29,31). The van der Waals surface area contributed by atoms with E-state index in [4.69, 9.17) is 21.1 Å². The summed E-state index contributed by atoms with van der Waals surface area (Å²) in [7, 11) is 0. The second kappa shape index (κ2) is 8.36. The molecule has 33 heavy (non-hydrogen) atoms. The number of halogens is 5. The summed E-state index contributed by atoms with van der Waals surface area (Å²) >= 11 is 5.59. The van der Waals surface area contributed by atoms with Crippen LogP contribution >= 0.6 is 11.6 Å². The van der Waals surface area contributed by atoms with Crippen LogP contribution in [0.15, 0.2) is 36.5 Å². The molecule has 0 aliphatic heterocycles. The van der Waals surface area contributed by atoms with E-state index >= 15 is 0 Å². The fraction of sp³-hybridized carbons (Fsp3) is 0.381. The van der Waals surface area contributed by atoms with Gasteiger partial charge in [0.25, 0.3) is 11.8 Å². The Morgan fingerprint density at radius 1 is 0.970 bits per heavy atom. The van der Waals surface area contributed by atoms with Crippen molar-refractivity contribution in [2.75, 3.05) is 13.2 Å². The first kappa shape index (κ1) is 23.1. The summed E-state index contributed by atoms with van der Waals surface area (Å²) < 4.78 is 61.9. The van der Waals surface area contributed by atoms with Gasteiger partial charge in [-0.05, 0) is 37.5 Å². The fourth-order valence-corrected chi connectivity index (χ4v) is 4.35. The Morgan fingerprint density at radius 3 is 2.03 bits per heavy atom. The van der Waals surface area contributed by atoms with Crippen LogP contribution < -0.4 is 20.1 Å². The van der Waals surface area contributed by atoms with Crippen LogP contribution in [-0.2, 0) is 15.8 Å². The Hall–Kier alpha value is -3.08. The van der Waals surface area contributed by atoms with Crippen molar-refractivity contribution in [3.8, 4) is 11.5 Å². The van der Waals surface area contributed by atoms with Gasteiger partial charge in [-0.15, -0.1) is 0 Å². The molecule has 3 aliphatic carbocycles. The molecule has 12 heteroatoms. The molecule has 0 radical (unpaired) electrons. The minimum atomic E-state index is -4.61. The van der Waals surface area contributed by atoms with Crippen LogP contribution in [0.25, 0.3) is 0 Å². The highest BCUT2D eigenvalue weighted by Gasteiger charge is 2.69. The van der Waals surface area contributed by atoms with Crippen LogP contribution in [0, 0.1) is 5.82 Å². The third kappa shape index (κ3) is 5.13. The second-order valence-electron chi connectivity index (χ2n) is 8.22. The van der Waals surface area contributed by atoms with E-state index in [2.05, 4.69) is 15.6 Å². The molecule has 0 atom stereocenters. The van der Waals surface area contributed by atoms with Crippen molar-refractivity contribution in [1.82, 2.24) is 15.6 Å². The van der Waals surface area contributed by atoms with Crippen molar-refractivity contribution in [3.63, 3.8) is 0 Å². The van der Waals surface area contributed by atoms with Gasteiger partial charge in [-0.3, -0.25) is 14.6 Å². The van der Waals surface area contributed by atoms with E-state index in [1.807, 2.05) is 0 Å². The van der Waals surface area contributed by atoms with Gasteiger partial charge in [-0.1, -0.05) is 11.6 Å². The molecule has 1 heterocycles. The number of pyridine rings is 1. The molecule has 0 spiro atoms.